The van der Waals surface area contributed by atoms with E-state index in [1.54, 1.807) is 11.3 Å². The minimum atomic E-state index is -3.29. The van der Waals surface area contributed by atoms with Crippen molar-refractivity contribution in [3.8, 4) is 11.3 Å². The molecule has 0 aromatic rings. The summed E-state index contributed by atoms with van der Waals surface area (Å²) in [7, 11) is 4.80. The number of aliphatic hydroxyl groups excluding tert-OH is 2. The smallest absolute Gasteiger partial charge is 0.248 e. The van der Waals surface area contributed by atoms with Gasteiger partial charge in [0.2, 0.25) is 11.4 Å². The molecule has 1 aliphatic heterocycles. The molecule has 4 unspecified atom stereocenters. The average Bonchev–Trinajstić information content (AvgIpc) is 2.27. The molecule has 1 fully saturated rings. The fourth-order valence-electron chi connectivity index (χ4n) is 1.19. The van der Waals surface area contributed by atoms with Crippen LogP contribution >= 0.6 is 11.6 Å². The lowest BCUT2D eigenvalue weighted by molar-refractivity contribution is -0.118. The fraction of sp³-hybridized carbons (Fsp3) is 0.714. The summed E-state index contributed by atoms with van der Waals surface area (Å²) in [5.41, 5.74) is -3.14. The van der Waals surface area contributed by atoms with E-state index >= 15 is 0 Å². The molecule has 1 aliphatic rings. The standard InChI is InChI=1S/C7H6BClF2O3/c8-7(11)6(10,1-2-9)5(13)4(3-12)14-7/h4-5,12-13H,3H2. The highest BCUT2D eigenvalue weighted by atomic mass is 35.5. The third-order valence-corrected chi connectivity index (χ3v) is 2.08. The van der Waals surface area contributed by atoms with Crippen molar-refractivity contribution in [1.82, 2.24) is 0 Å². The highest BCUT2D eigenvalue weighted by Crippen LogP contribution is 2.41. The highest BCUT2D eigenvalue weighted by Gasteiger charge is 2.64. The molecule has 0 aromatic heterocycles. The molecular formula is C7H6BClF2O3. The van der Waals surface area contributed by atoms with Crippen LogP contribution in [0.5, 0.6) is 0 Å². The lowest BCUT2D eigenvalue weighted by Crippen LogP contribution is -2.50. The summed E-state index contributed by atoms with van der Waals surface area (Å²) in [6.07, 6.45) is -3.46. The number of hydrogen-bond donors (Lipinski definition) is 2. The molecule has 14 heavy (non-hydrogen) atoms. The van der Waals surface area contributed by atoms with E-state index < -0.39 is 30.2 Å². The molecule has 7 heteroatoms. The van der Waals surface area contributed by atoms with Crippen molar-refractivity contribution < 1.29 is 23.7 Å². The molecule has 0 spiro atoms. The Balaban J connectivity index is 3.07. The molecule has 4 atom stereocenters. The Kier molecular flexibility index (Phi) is 3.07. The van der Waals surface area contributed by atoms with Gasteiger partial charge in [-0.1, -0.05) is 0 Å². The molecule has 1 rings (SSSR count). The van der Waals surface area contributed by atoms with Gasteiger partial charge in [0.1, 0.15) is 12.2 Å². The summed E-state index contributed by atoms with van der Waals surface area (Å²) in [5, 5.41) is 19.4. The van der Waals surface area contributed by atoms with Crippen LogP contribution in [0, 0.1) is 11.3 Å². The zero-order valence-electron chi connectivity index (χ0n) is 6.88. The van der Waals surface area contributed by atoms with Crippen LogP contribution in [0.15, 0.2) is 0 Å². The van der Waals surface area contributed by atoms with Gasteiger partial charge in [0.15, 0.2) is 7.85 Å². The predicted octanol–water partition coefficient (Wildman–Crippen LogP) is -0.562. The first-order valence-corrected chi connectivity index (χ1v) is 4.03. The number of alkyl halides is 2. The summed E-state index contributed by atoms with van der Waals surface area (Å²) < 4.78 is 31.2. The number of aliphatic hydroxyl groups is 2. The molecule has 0 aliphatic carbocycles. The van der Waals surface area contributed by atoms with Gasteiger partial charge in [0, 0.05) is 5.38 Å². The van der Waals surface area contributed by atoms with Crippen molar-refractivity contribution in [3.63, 3.8) is 0 Å². The molecule has 0 bridgehead atoms. The van der Waals surface area contributed by atoms with Crippen molar-refractivity contribution in [1.29, 1.82) is 0 Å². The summed E-state index contributed by atoms with van der Waals surface area (Å²) >= 11 is 4.90. The fourth-order valence-corrected chi connectivity index (χ4v) is 1.33. The number of hydrogen-bond acceptors (Lipinski definition) is 3. The second kappa shape index (κ2) is 3.67. The first-order chi connectivity index (χ1) is 6.39. The third-order valence-electron chi connectivity index (χ3n) is 1.99. The predicted molar refractivity (Wildman–Crippen MR) is 45.0 cm³/mol. The molecule has 1 heterocycles. The molecule has 2 radical (unpaired) electrons. The SMILES string of the molecule is [B]C1(F)OC(CO)C(O)C1(F)C#CCl. The first-order valence-electron chi connectivity index (χ1n) is 3.65. The van der Waals surface area contributed by atoms with Crippen LogP contribution in [-0.2, 0) is 4.74 Å². The van der Waals surface area contributed by atoms with E-state index in [0.29, 0.717) is 0 Å². The average molecular weight is 222 g/mol. The Labute approximate surface area is 85.4 Å². The minimum Gasteiger partial charge on any atom is -0.394 e. The van der Waals surface area contributed by atoms with Gasteiger partial charge in [-0.15, -0.1) is 0 Å². The van der Waals surface area contributed by atoms with E-state index in [4.69, 9.17) is 24.6 Å². The van der Waals surface area contributed by atoms with Crippen LogP contribution in [0.25, 0.3) is 0 Å². The molecule has 3 nitrogen and oxygen atoms in total. The van der Waals surface area contributed by atoms with Crippen molar-refractivity contribution in [2.24, 2.45) is 0 Å². The van der Waals surface area contributed by atoms with E-state index in [-0.39, 0.29) is 0 Å². The zero-order valence-corrected chi connectivity index (χ0v) is 7.63. The van der Waals surface area contributed by atoms with Gasteiger partial charge in [0.25, 0.3) is 0 Å². The van der Waals surface area contributed by atoms with Crippen LogP contribution in [0.1, 0.15) is 0 Å². The monoisotopic (exact) mass is 222 g/mol. The van der Waals surface area contributed by atoms with Gasteiger partial charge >= 0.3 is 0 Å². The zero-order chi connectivity index (χ0) is 11.0. The van der Waals surface area contributed by atoms with E-state index in [2.05, 4.69) is 4.74 Å². The number of ether oxygens (including phenoxy) is 1. The molecule has 0 aromatic carbocycles. The quantitative estimate of drug-likeness (QED) is 0.462. The maximum Gasteiger partial charge on any atom is 0.248 e. The maximum atomic E-state index is 13.7. The van der Waals surface area contributed by atoms with Crippen LogP contribution in [-0.4, -0.2) is 48.3 Å². The van der Waals surface area contributed by atoms with Crippen molar-refractivity contribution in [3.05, 3.63) is 0 Å². The lowest BCUT2D eigenvalue weighted by Gasteiger charge is -2.25. The van der Waals surface area contributed by atoms with Gasteiger partial charge in [0.05, 0.1) is 6.61 Å². The normalized spacial score (nSPS) is 47.2. The molecule has 0 amide bonds. The summed E-state index contributed by atoms with van der Waals surface area (Å²) in [6.45, 7) is -0.778. The van der Waals surface area contributed by atoms with Crippen molar-refractivity contribution in [2.45, 2.75) is 23.6 Å². The third kappa shape index (κ3) is 1.50. The van der Waals surface area contributed by atoms with Gasteiger partial charge in [-0.05, 0) is 17.5 Å². The second-order valence-corrected chi connectivity index (χ2v) is 3.05. The summed E-state index contributed by atoms with van der Waals surface area (Å²) in [6, 6.07) is 0. The van der Waals surface area contributed by atoms with E-state index in [0.717, 1.165) is 0 Å². The molecule has 1 saturated heterocycles. The summed E-state index contributed by atoms with van der Waals surface area (Å²) in [4.78, 5) is 0. The lowest BCUT2D eigenvalue weighted by atomic mass is 9.80. The second-order valence-electron chi connectivity index (χ2n) is 2.86. The molecule has 2 N–H and O–H groups in total. The van der Waals surface area contributed by atoms with Gasteiger partial charge in [-0.25, -0.2) is 8.78 Å². The van der Waals surface area contributed by atoms with E-state index in [1.165, 1.54) is 0 Å². The maximum absolute atomic E-state index is 13.7. The van der Waals surface area contributed by atoms with Crippen molar-refractivity contribution >= 4 is 19.4 Å². The van der Waals surface area contributed by atoms with Crippen molar-refractivity contribution in [2.75, 3.05) is 6.61 Å². The Hall–Kier alpha value is -0.345. The van der Waals surface area contributed by atoms with Gasteiger partial charge < -0.3 is 14.9 Å². The molecular weight excluding hydrogens is 216 g/mol. The number of rotatable bonds is 1. The topological polar surface area (TPSA) is 49.7 Å². The van der Waals surface area contributed by atoms with E-state index in [9.17, 15) is 13.9 Å². The van der Waals surface area contributed by atoms with E-state index in [1.807, 2.05) is 0 Å². The first kappa shape index (κ1) is 11.7. The van der Waals surface area contributed by atoms with Crippen LogP contribution < -0.4 is 0 Å². The summed E-state index contributed by atoms with van der Waals surface area (Å²) in [5.74, 6) is -1.70. The largest absolute Gasteiger partial charge is 0.394 e. The van der Waals surface area contributed by atoms with Gasteiger partial charge in [-0.3, -0.25) is 0 Å². The van der Waals surface area contributed by atoms with Crippen LogP contribution in [0.2, 0.25) is 0 Å². The Morgan fingerprint density at radius 1 is 1.57 bits per heavy atom. The highest BCUT2D eigenvalue weighted by molar-refractivity contribution is 6.30. The van der Waals surface area contributed by atoms with Crippen LogP contribution in [0.3, 0.4) is 0 Å². The Morgan fingerprint density at radius 3 is 2.50 bits per heavy atom. The van der Waals surface area contributed by atoms with Gasteiger partial charge in [-0.2, -0.15) is 0 Å². The Bertz CT molecular complexity index is 290. The van der Waals surface area contributed by atoms with Crippen LogP contribution in [0.4, 0.5) is 8.78 Å². The minimum absolute atomic E-state index is 0.778. The molecule has 76 valence electrons. The molecule has 0 saturated carbocycles. The number of halogens is 3. The Morgan fingerprint density at radius 2 is 2.14 bits per heavy atom.